The number of pyridine rings is 2. The molecule has 2 aromatic carbocycles. The number of aryl methyl sites for hydroxylation is 4. The smallest absolute Gasteiger partial charge is 0.0299 e. The molecule has 0 aliphatic rings. The van der Waals surface area contributed by atoms with Crippen molar-refractivity contribution in [3.63, 3.8) is 0 Å². The van der Waals surface area contributed by atoms with Crippen molar-refractivity contribution < 1.29 is 0 Å². The third-order valence-corrected chi connectivity index (χ3v) is 6.27. The van der Waals surface area contributed by atoms with Crippen LogP contribution < -0.4 is 0 Å². The van der Waals surface area contributed by atoms with E-state index in [2.05, 4.69) is 71.5 Å². The Morgan fingerprint density at radius 2 is 1.03 bits per heavy atom. The molecule has 0 N–H and O–H groups in total. The van der Waals surface area contributed by atoms with Crippen LogP contribution in [0.5, 0.6) is 0 Å². The van der Waals surface area contributed by atoms with Crippen LogP contribution in [0.3, 0.4) is 0 Å². The van der Waals surface area contributed by atoms with Gasteiger partial charge in [-0.15, -0.1) is 0 Å². The van der Waals surface area contributed by atoms with Gasteiger partial charge in [0.05, 0.1) is 0 Å². The highest BCUT2D eigenvalue weighted by Crippen LogP contribution is 2.22. The Kier molecular flexibility index (Phi) is 11.7. The van der Waals surface area contributed by atoms with Crippen LogP contribution in [0.4, 0.5) is 0 Å². The molecule has 4 rings (SSSR count). The highest BCUT2D eigenvalue weighted by molar-refractivity contribution is 5.64. The van der Waals surface area contributed by atoms with Gasteiger partial charge in [0.25, 0.3) is 0 Å². The molecule has 0 unspecified atom stereocenters. The lowest BCUT2D eigenvalue weighted by Gasteiger charge is -2.07. The van der Waals surface area contributed by atoms with Crippen LogP contribution in [0.2, 0.25) is 0 Å². The Morgan fingerprint density at radius 3 is 1.46 bits per heavy atom. The van der Waals surface area contributed by atoms with E-state index >= 15 is 0 Å². The number of rotatable bonds is 11. The first-order valence-corrected chi connectivity index (χ1v) is 13.2. The number of hydrogen-bond acceptors (Lipinski definition) is 2. The van der Waals surface area contributed by atoms with Crippen molar-refractivity contribution in [3.8, 4) is 11.1 Å². The van der Waals surface area contributed by atoms with Crippen LogP contribution in [0.1, 0.15) is 67.7 Å². The standard InChI is InChI=1S/C27H33N.C6H7N/c1-2-3-5-9-23-13-17-26(18-14-23)27-19-15-24(16-20-27)10-6-4-7-11-25-12-8-21-28-22-25;1-6-3-2-4-7-5-6/h8,12-22H,2-7,9-11H2,1H3;2-5H,1H3. The first-order chi connectivity index (χ1) is 17.2. The van der Waals surface area contributed by atoms with E-state index in [9.17, 15) is 0 Å². The second-order valence-corrected chi connectivity index (χ2v) is 9.30. The van der Waals surface area contributed by atoms with E-state index in [0.717, 1.165) is 6.42 Å². The Morgan fingerprint density at radius 1 is 0.514 bits per heavy atom. The van der Waals surface area contributed by atoms with Crippen molar-refractivity contribution in [1.82, 2.24) is 9.97 Å². The molecule has 0 aliphatic heterocycles. The van der Waals surface area contributed by atoms with E-state index in [1.165, 1.54) is 84.7 Å². The molecule has 0 radical (unpaired) electrons. The summed E-state index contributed by atoms with van der Waals surface area (Å²) in [5.74, 6) is 0. The summed E-state index contributed by atoms with van der Waals surface area (Å²) in [6.45, 7) is 4.28. The van der Waals surface area contributed by atoms with Gasteiger partial charge < -0.3 is 0 Å². The summed E-state index contributed by atoms with van der Waals surface area (Å²) >= 11 is 0. The van der Waals surface area contributed by atoms with Crippen molar-refractivity contribution in [2.45, 2.75) is 71.6 Å². The predicted octanol–water partition coefficient (Wildman–Crippen LogP) is 8.83. The van der Waals surface area contributed by atoms with Crippen molar-refractivity contribution >= 4 is 0 Å². The molecule has 0 fully saturated rings. The lowest BCUT2D eigenvalue weighted by Crippen LogP contribution is -1.90. The fourth-order valence-electron chi connectivity index (χ4n) is 4.14. The fourth-order valence-corrected chi connectivity index (χ4v) is 4.14. The van der Waals surface area contributed by atoms with Gasteiger partial charge in [-0.3, -0.25) is 9.97 Å². The SMILES string of the molecule is CCCCCc1ccc(-c2ccc(CCCCCc3cccnc3)cc2)cc1.Cc1cccnc1. The molecular weight excluding hydrogens is 424 g/mol. The molecule has 0 bridgehead atoms. The van der Waals surface area contributed by atoms with Gasteiger partial charge in [0, 0.05) is 24.8 Å². The average molecular weight is 465 g/mol. The Labute approximate surface area is 212 Å². The van der Waals surface area contributed by atoms with Crippen molar-refractivity contribution in [2.24, 2.45) is 0 Å². The van der Waals surface area contributed by atoms with E-state index in [1.54, 1.807) is 6.20 Å². The van der Waals surface area contributed by atoms with E-state index in [4.69, 9.17) is 0 Å². The molecule has 0 spiro atoms. The summed E-state index contributed by atoms with van der Waals surface area (Å²) in [6, 6.07) is 26.4. The maximum Gasteiger partial charge on any atom is 0.0299 e. The molecule has 2 heterocycles. The van der Waals surface area contributed by atoms with Gasteiger partial charge in [-0.25, -0.2) is 0 Å². The minimum Gasteiger partial charge on any atom is -0.264 e. The van der Waals surface area contributed by atoms with Gasteiger partial charge in [-0.1, -0.05) is 86.8 Å². The molecule has 2 aromatic heterocycles. The van der Waals surface area contributed by atoms with E-state index < -0.39 is 0 Å². The number of nitrogens with zero attached hydrogens (tertiary/aromatic N) is 2. The molecular formula is C33H40N2. The summed E-state index contributed by atoms with van der Waals surface area (Å²) in [6.07, 6.45) is 18.6. The highest BCUT2D eigenvalue weighted by Gasteiger charge is 2.00. The molecule has 0 atom stereocenters. The third-order valence-electron chi connectivity index (χ3n) is 6.27. The van der Waals surface area contributed by atoms with E-state index in [1.807, 2.05) is 43.7 Å². The monoisotopic (exact) mass is 464 g/mol. The van der Waals surface area contributed by atoms with Crippen LogP contribution in [-0.2, 0) is 19.3 Å². The highest BCUT2D eigenvalue weighted by atomic mass is 14.6. The van der Waals surface area contributed by atoms with Crippen molar-refractivity contribution in [2.75, 3.05) is 0 Å². The van der Waals surface area contributed by atoms with Crippen LogP contribution >= 0.6 is 0 Å². The molecule has 2 heteroatoms. The van der Waals surface area contributed by atoms with Crippen molar-refractivity contribution in [1.29, 1.82) is 0 Å². The average Bonchev–Trinajstić information content (AvgIpc) is 2.91. The molecule has 182 valence electrons. The molecule has 0 saturated heterocycles. The largest absolute Gasteiger partial charge is 0.264 e. The molecule has 35 heavy (non-hydrogen) atoms. The first-order valence-electron chi connectivity index (χ1n) is 13.2. The molecule has 0 amide bonds. The summed E-state index contributed by atoms with van der Waals surface area (Å²) in [5.41, 5.74) is 8.11. The minimum absolute atomic E-state index is 1.14. The first kappa shape index (κ1) is 26.3. The molecule has 0 saturated carbocycles. The second-order valence-electron chi connectivity index (χ2n) is 9.30. The zero-order valence-electron chi connectivity index (χ0n) is 21.5. The van der Waals surface area contributed by atoms with Gasteiger partial charge in [0.15, 0.2) is 0 Å². The van der Waals surface area contributed by atoms with E-state index in [0.29, 0.717) is 0 Å². The maximum atomic E-state index is 4.19. The summed E-state index contributed by atoms with van der Waals surface area (Å²) in [5, 5.41) is 0. The summed E-state index contributed by atoms with van der Waals surface area (Å²) in [4.78, 5) is 8.07. The fraction of sp³-hybridized carbons (Fsp3) is 0.333. The van der Waals surface area contributed by atoms with Crippen molar-refractivity contribution in [3.05, 3.63) is 120 Å². The lowest BCUT2D eigenvalue weighted by molar-refractivity contribution is 0.677. The van der Waals surface area contributed by atoms with Gasteiger partial charge in [0.1, 0.15) is 0 Å². The molecule has 2 nitrogen and oxygen atoms in total. The third kappa shape index (κ3) is 10.3. The zero-order chi connectivity index (χ0) is 24.6. The number of hydrogen-bond donors (Lipinski definition) is 0. The van der Waals surface area contributed by atoms with Crippen LogP contribution in [-0.4, -0.2) is 9.97 Å². The minimum atomic E-state index is 1.14. The second kappa shape index (κ2) is 15.6. The van der Waals surface area contributed by atoms with Gasteiger partial charge in [-0.05, 0) is 91.0 Å². The summed E-state index contributed by atoms with van der Waals surface area (Å²) in [7, 11) is 0. The Bertz CT molecular complexity index is 1060. The summed E-state index contributed by atoms with van der Waals surface area (Å²) < 4.78 is 0. The van der Waals surface area contributed by atoms with Gasteiger partial charge in [0.2, 0.25) is 0 Å². The Hall–Kier alpha value is -3.26. The number of unbranched alkanes of at least 4 members (excludes halogenated alkanes) is 4. The zero-order valence-corrected chi connectivity index (χ0v) is 21.5. The number of aromatic nitrogens is 2. The van der Waals surface area contributed by atoms with Crippen LogP contribution in [0, 0.1) is 6.92 Å². The lowest BCUT2D eigenvalue weighted by atomic mass is 9.99. The Balaban J connectivity index is 0.000000420. The maximum absolute atomic E-state index is 4.19. The molecule has 4 aromatic rings. The van der Waals surface area contributed by atoms with Gasteiger partial charge in [-0.2, -0.15) is 0 Å². The topological polar surface area (TPSA) is 25.8 Å². The normalized spacial score (nSPS) is 10.5. The van der Waals surface area contributed by atoms with E-state index in [-0.39, 0.29) is 0 Å². The predicted molar refractivity (Wildman–Crippen MR) is 150 cm³/mol. The molecule has 0 aliphatic carbocycles. The van der Waals surface area contributed by atoms with Crippen LogP contribution in [0.15, 0.2) is 97.6 Å². The van der Waals surface area contributed by atoms with Gasteiger partial charge >= 0.3 is 0 Å². The quantitative estimate of drug-likeness (QED) is 0.207. The number of benzene rings is 2. The van der Waals surface area contributed by atoms with Crippen LogP contribution in [0.25, 0.3) is 11.1 Å².